The molecule has 0 aliphatic carbocycles. The molecule has 1 aromatic rings. The fraction of sp³-hybridized carbons (Fsp3) is 0.429. The first-order valence-electron chi connectivity index (χ1n) is 5.84. The van der Waals surface area contributed by atoms with E-state index in [-0.39, 0.29) is 6.10 Å². The Morgan fingerprint density at radius 2 is 2.12 bits per heavy atom. The molecule has 88 valence electrons. The van der Waals surface area contributed by atoms with Crippen LogP contribution in [0.3, 0.4) is 0 Å². The van der Waals surface area contributed by atoms with Crippen LogP contribution in [-0.4, -0.2) is 19.3 Å². The number of anilines is 1. The third-order valence-corrected chi connectivity index (χ3v) is 2.32. The molecule has 0 heterocycles. The average molecular weight is 219 g/mol. The Morgan fingerprint density at radius 1 is 1.38 bits per heavy atom. The summed E-state index contributed by atoms with van der Waals surface area (Å²) in [5, 5.41) is 3.34. The van der Waals surface area contributed by atoms with Gasteiger partial charge in [0.05, 0.1) is 6.10 Å². The third kappa shape index (κ3) is 5.56. The van der Waals surface area contributed by atoms with Crippen molar-refractivity contribution in [1.29, 1.82) is 0 Å². The van der Waals surface area contributed by atoms with Gasteiger partial charge >= 0.3 is 0 Å². The van der Waals surface area contributed by atoms with Gasteiger partial charge in [0.15, 0.2) is 0 Å². The quantitative estimate of drug-likeness (QED) is 0.534. The molecule has 1 aromatic carbocycles. The van der Waals surface area contributed by atoms with E-state index in [0.29, 0.717) is 0 Å². The predicted octanol–water partition coefficient (Wildman–Crippen LogP) is 3.47. The van der Waals surface area contributed by atoms with E-state index in [9.17, 15) is 0 Å². The monoisotopic (exact) mass is 219 g/mol. The van der Waals surface area contributed by atoms with Crippen LogP contribution in [0.5, 0.6) is 0 Å². The van der Waals surface area contributed by atoms with Crippen LogP contribution in [0.1, 0.15) is 19.8 Å². The van der Waals surface area contributed by atoms with Crippen LogP contribution in [0, 0.1) is 0 Å². The molecule has 0 aliphatic heterocycles. The summed E-state index contributed by atoms with van der Waals surface area (Å²) in [6.45, 7) is 7.43. The Labute approximate surface area is 98.3 Å². The number of hydrogen-bond donors (Lipinski definition) is 1. The molecule has 0 radical (unpaired) electrons. The Bertz CT molecular complexity index is 284. The number of para-hydroxylation sites is 1. The third-order valence-electron chi connectivity index (χ3n) is 2.32. The van der Waals surface area contributed by atoms with Crippen LogP contribution in [0.25, 0.3) is 0 Å². The van der Waals surface area contributed by atoms with E-state index in [4.69, 9.17) is 4.74 Å². The van der Waals surface area contributed by atoms with E-state index in [0.717, 1.165) is 31.7 Å². The van der Waals surface area contributed by atoms with Crippen molar-refractivity contribution in [1.82, 2.24) is 0 Å². The molecule has 2 nitrogen and oxygen atoms in total. The largest absolute Gasteiger partial charge is 0.382 e. The molecule has 1 rings (SSSR count). The van der Waals surface area contributed by atoms with Crippen molar-refractivity contribution in [3.05, 3.63) is 43.0 Å². The van der Waals surface area contributed by atoms with Crippen LogP contribution >= 0.6 is 0 Å². The molecular weight excluding hydrogens is 198 g/mol. The lowest BCUT2D eigenvalue weighted by atomic mass is 10.3. The number of nitrogens with one attached hydrogen (secondary N) is 1. The van der Waals surface area contributed by atoms with Crippen molar-refractivity contribution < 1.29 is 4.74 Å². The highest BCUT2D eigenvalue weighted by atomic mass is 16.5. The van der Waals surface area contributed by atoms with E-state index in [1.54, 1.807) is 0 Å². The first-order chi connectivity index (χ1) is 7.83. The Balaban J connectivity index is 2.10. The summed E-state index contributed by atoms with van der Waals surface area (Å²) in [6, 6.07) is 10.2. The highest BCUT2D eigenvalue weighted by Crippen LogP contribution is 2.05. The molecule has 0 saturated heterocycles. The summed E-state index contributed by atoms with van der Waals surface area (Å²) in [5.74, 6) is 0. The van der Waals surface area contributed by atoms with Gasteiger partial charge in [0, 0.05) is 18.8 Å². The van der Waals surface area contributed by atoms with Crippen molar-refractivity contribution >= 4 is 5.69 Å². The number of allylic oxidation sites excluding steroid dienone is 1. The van der Waals surface area contributed by atoms with Crippen LogP contribution < -0.4 is 5.32 Å². The Morgan fingerprint density at radius 3 is 2.81 bits per heavy atom. The first-order valence-corrected chi connectivity index (χ1v) is 5.84. The summed E-state index contributed by atoms with van der Waals surface area (Å²) < 4.78 is 5.66. The van der Waals surface area contributed by atoms with Crippen LogP contribution in [0.4, 0.5) is 5.69 Å². The number of ether oxygens (including phenoxy) is 1. The topological polar surface area (TPSA) is 21.3 Å². The van der Waals surface area contributed by atoms with E-state index < -0.39 is 0 Å². The van der Waals surface area contributed by atoms with Gasteiger partial charge in [0.1, 0.15) is 0 Å². The van der Waals surface area contributed by atoms with Crippen LogP contribution in [0.2, 0.25) is 0 Å². The minimum absolute atomic E-state index is 0.241. The minimum Gasteiger partial charge on any atom is -0.382 e. The van der Waals surface area contributed by atoms with E-state index in [2.05, 4.69) is 31.0 Å². The maximum absolute atomic E-state index is 5.66. The molecule has 1 atom stereocenters. The van der Waals surface area contributed by atoms with Gasteiger partial charge < -0.3 is 10.1 Å². The number of hydrogen-bond acceptors (Lipinski definition) is 2. The highest BCUT2D eigenvalue weighted by molar-refractivity contribution is 5.42. The lowest BCUT2D eigenvalue weighted by Gasteiger charge is -2.14. The molecule has 0 aliphatic rings. The smallest absolute Gasteiger partial charge is 0.0719 e. The molecule has 1 unspecified atom stereocenters. The molecule has 1 N–H and O–H groups in total. The minimum atomic E-state index is 0.241. The molecule has 0 amide bonds. The van der Waals surface area contributed by atoms with Gasteiger partial charge in [-0.1, -0.05) is 24.3 Å². The standard InChI is InChI=1S/C14H21NO/c1-3-4-8-11-16-13(2)12-15-14-9-6-5-7-10-14/h3,5-7,9-10,13,15H,1,4,8,11-12H2,2H3. The lowest BCUT2D eigenvalue weighted by molar-refractivity contribution is 0.0734. The number of unbranched alkanes of at least 4 members (excludes halogenated alkanes) is 1. The van der Waals surface area contributed by atoms with Crippen molar-refractivity contribution in [3.63, 3.8) is 0 Å². The lowest BCUT2D eigenvalue weighted by Crippen LogP contribution is -2.20. The van der Waals surface area contributed by atoms with E-state index in [1.165, 1.54) is 0 Å². The highest BCUT2D eigenvalue weighted by Gasteiger charge is 2.00. The predicted molar refractivity (Wildman–Crippen MR) is 69.8 cm³/mol. The number of benzene rings is 1. The normalized spacial score (nSPS) is 12.1. The molecular formula is C14H21NO. The van der Waals surface area contributed by atoms with Crippen molar-refractivity contribution in [3.8, 4) is 0 Å². The summed E-state index contributed by atoms with van der Waals surface area (Å²) >= 11 is 0. The van der Waals surface area contributed by atoms with Gasteiger partial charge in [-0.25, -0.2) is 0 Å². The maximum Gasteiger partial charge on any atom is 0.0719 e. The van der Waals surface area contributed by atoms with Gasteiger partial charge in [-0.3, -0.25) is 0 Å². The zero-order valence-corrected chi connectivity index (χ0v) is 9.99. The fourth-order valence-corrected chi connectivity index (χ4v) is 1.39. The summed E-state index contributed by atoms with van der Waals surface area (Å²) in [4.78, 5) is 0. The van der Waals surface area contributed by atoms with E-state index >= 15 is 0 Å². The zero-order chi connectivity index (χ0) is 11.6. The second kappa shape index (κ2) is 7.94. The summed E-state index contributed by atoms with van der Waals surface area (Å²) in [7, 11) is 0. The Kier molecular flexibility index (Phi) is 6.35. The van der Waals surface area contributed by atoms with Crippen molar-refractivity contribution in [2.24, 2.45) is 0 Å². The Hall–Kier alpha value is -1.28. The second-order valence-corrected chi connectivity index (χ2v) is 3.86. The second-order valence-electron chi connectivity index (χ2n) is 3.86. The van der Waals surface area contributed by atoms with Crippen LogP contribution in [0.15, 0.2) is 43.0 Å². The van der Waals surface area contributed by atoms with Crippen molar-refractivity contribution in [2.75, 3.05) is 18.5 Å². The number of rotatable bonds is 8. The van der Waals surface area contributed by atoms with E-state index in [1.807, 2.05) is 24.3 Å². The molecule has 0 fully saturated rings. The van der Waals surface area contributed by atoms with Gasteiger partial charge in [-0.15, -0.1) is 6.58 Å². The summed E-state index contributed by atoms with van der Waals surface area (Å²) in [5.41, 5.74) is 1.14. The van der Waals surface area contributed by atoms with Gasteiger partial charge in [0.25, 0.3) is 0 Å². The van der Waals surface area contributed by atoms with Gasteiger partial charge in [-0.2, -0.15) is 0 Å². The molecule has 16 heavy (non-hydrogen) atoms. The summed E-state index contributed by atoms with van der Waals surface area (Å²) in [6.07, 6.45) is 4.25. The zero-order valence-electron chi connectivity index (χ0n) is 9.99. The maximum atomic E-state index is 5.66. The van der Waals surface area contributed by atoms with Crippen LogP contribution in [-0.2, 0) is 4.74 Å². The molecule has 0 aromatic heterocycles. The first kappa shape index (κ1) is 12.8. The SMILES string of the molecule is C=CCCCOC(C)CNc1ccccc1. The average Bonchev–Trinajstić information content (AvgIpc) is 2.33. The molecule has 0 spiro atoms. The molecule has 0 saturated carbocycles. The molecule has 2 heteroatoms. The fourth-order valence-electron chi connectivity index (χ4n) is 1.39. The molecule has 0 bridgehead atoms. The van der Waals surface area contributed by atoms with Crippen molar-refractivity contribution in [2.45, 2.75) is 25.9 Å². The van der Waals surface area contributed by atoms with Gasteiger partial charge in [-0.05, 0) is 31.9 Å². The van der Waals surface area contributed by atoms with Gasteiger partial charge in [0.2, 0.25) is 0 Å².